The molecule has 1 heterocycles. The van der Waals surface area contributed by atoms with Gasteiger partial charge in [0.25, 0.3) is 0 Å². The zero-order valence-electron chi connectivity index (χ0n) is 10.6. The number of nitrogens with zero attached hydrogens (tertiary/aromatic N) is 1. The lowest BCUT2D eigenvalue weighted by atomic mass is 10.1. The van der Waals surface area contributed by atoms with Crippen LogP contribution in [0.15, 0.2) is 23.6 Å². The van der Waals surface area contributed by atoms with E-state index in [2.05, 4.69) is 10.3 Å². The molecule has 0 unspecified atom stereocenters. The molecule has 1 amide bonds. The van der Waals surface area contributed by atoms with Crippen LogP contribution in [-0.2, 0) is 6.42 Å². The van der Waals surface area contributed by atoms with Gasteiger partial charge in [0, 0.05) is 23.9 Å². The highest BCUT2D eigenvalue weighted by atomic mass is 32.1. The van der Waals surface area contributed by atoms with Crippen LogP contribution in [0.25, 0.3) is 0 Å². The Morgan fingerprint density at radius 1 is 1.47 bits per heavy atom. The van der Waals surface area contributed by atoms with Gasteiger partial charge in [0.05, 0.1) is 22.1 Å². The topological polar surface area (TPSA) is 94.0 Å². The van der Waals surface area contributed by atoms with Gasteiger partial charge in [0.15, 0.2) is 0 Å². The average molecular weight is 276 g/mol. The number of carbonyl (C=O) groups is 1. The summed E-state index contributed by atoms with van der Waals surface area (Å²) in [5.41, 5.74) is 13.9. The van der Waals surface area contributed by atoms with Crippen LogP contribution in [0.2, 0.25) is 0 Å². The summed E-state index contributed by atoms with van der Waals surface area (Å²) in [6, 6.07) is 4.96. The molecule has 0 saturated heterocycles. The number of nitrogens with two attached hydrogens (primary N) is 2. The standard InChI is InChI=1S/C13H16N4OS/c1-8-17-10(7-19-8)4-5-16-12-6-9(13(15)18)2-3-11(12)14/h2-3,6-7,16H,4-5,14H2,1H3,(H2,15,18). The summed E-state index contributed by atoms with van der Waals surface area (Å²) in [5, 5.41) is 6.30. The van der Waals surface area contributed by atoms with Gasteiger partial charge >= 0.3 is 0 Å². The quantitative estimate of drug-likeness (QED) is 0.726. The zero-order chi connectivity index (χ0) is 13.8. The van der Waals surface area contributed by atoms with E-state index in [1.54, 1.807) is 29.5 Å². The van der Waals surface area contributed by atoms with Crippen molar-refractivity contribution in [3.63, 3.8) is 0 Å². The third-order valence-electron chi connectivity index (χ3n) is 2.70. The molecular formula is C13H16N4OS. The Bertz CT molecular complexity index is 594. The summed E-state index contributed by atoms with van der Waals surface area (Å²) in [4.78, 5) is 15.5. The first-order valence-corrected chi connectivity index (χ1v) is 6.78. The molecule has 19 heavy (non-hydrogen) atoms. The van der Waals surface area contributed by atoms with Crippen molar-refractivity contribution in [2.24, 2.45) is 5.73 Å². The van der Waals surface area contributed by atoms with Crippen LogP contribution in [0.3, 0.4) is 0 Å². The number of aryl methyl sites for hydroxylation is 1. The summed E-state index contributed by atoms with van der Waals surface area (Å²) in [5.74, 6) is -0.460. The van der Waals surface area contributed by atoms with Gasteiger partial charge in [-0.3, -0.25) is 4.79 Å². The molecule has 6 heteroatoms. The molecule has 0 atom stereocenters. The number of amides is 1. The maximum atomic E-state index is 11.1. The number of primary amides is 1. The molecule has 5 nitrogen and oxygen atoms in total. The lowest BCUT2D eigenvalue weighted by Gasteiger charge is -2.09. The maximum absolute atomic E-state index is 11.1. The van der Waals surface area contributed by atoms with Crippen LogP contribution < -0.4 is 16.8 Å². The molecule has 5 N–H and O–H groups in total. The average Bonchev–Trinajstić information content (AvgIpc) is 2.77. The monoisotopic (exact) mass is 276 g/mol. The van der Waals surface area contributed by atoms with Gasteiger partial charge in [-0.05, 0) is 25.1 Å². The summed E-state index contributed by atoms with van der Waals surface area (Å²) in [6.45, 7) is 2.69. The molecule has 0 bridgehead atoms. The van der Waals surface area contributed by atoms with Gasteiger partial charge in [-0.25, -0.2) is 4.98 Å². The fourth-order valence-corrected chi connectivity index (χ4v) is 2.36. The Morgan fingerprint density at radius 2 is 2.26 bits per heavy atom. The molecule has 1 aromatic heterocycles. The van der Waals surface area contributed by atoms with E-state index in [-0.39, 0.29) is 0 Å². The minimum atomic E-state index is -0.460. The predicted octanol–water partition coefficient (Wildman–Crippen LogP) is 1.79. The molecule has 100 valence electrons. The van der Waals surface area contributed by atoms with Crippen molar-refractivity contribution in [1.29, 1.82) is 0 Å². The third-order valence-corrected chi connectivity index (χ3v) is 3.52. The third kappa shape index (κ3) is 3.45. The summed E-state index contributed by atoms with van der Waals surface area (Å²) >= 11 is 1.64. The highest BCUT2D eigenvalue weighted by Gasteiger charge is 2.05. The molecule has 0 aliphatic carbocycles. The fraction of sp³-hybridized carbons (Fsp3) is 0.231. The summed E-state index contributed by atoms with van der Waals surface area (Å²) in [6.07, 6.45) is 0.810. The molecule has 2 aromatic rings. The lowest BCUT2D eigenvalue weighted by Crippen LogP contribution is -2.13. The minimum absolute atomic E-state index is 0.446. The highest BCUT2D eigenvalue weighted by molar-refractivity contribution is 7.09. The van der Waals surface area contributed by atoms with Crippen molar-refractivity contribution < 1.29 is 4.79 Å². The molecule has 0 fully saturated rings. The first-order valence-electron chi connectivity index (χ1n) is 5.90. The second-order valence-corrected chi connectivity index (χ2v) is 5.26. The van der Waals surface area contributed by atoms with Crippen LogP contribution in [0.5, 0.6) is 0 Å². The number of carbonyl (C=O) groups excluding carboxylic acids is 1. The van der Waals surface area contributed by atoms with E-state index in [9.17, 15) is 4.79 Å². The first kappa shape index (κ1) is 13.4. The Labute approximate surface area is 115 Å². The SMILES string of the molecule is Cc1nc(CCNc2cc(C(N)=O)ccc2N)cs1. The largest absolute Gasteiger partial charge is 0.397 e. The van der Waals surface area contributed by atoms with Gasteiger partial charge in [-0.2, -0.15) is 0 Å². The second kappa shape index (κ2) is 5.71. The molecule has 0 aliphatic heterocycles. The Morgan fingerprint density at radius 3 is 2.89 bits per heavy atom. The molecule has 0 saturated carbocycles. The molecule has 2 rings (SSSR count). The summed E-state index contributed by atoms with van der Waals surface area (Å²) < 4.78 is 0. The van der Waals surface area contributed by atoms with Crippen LogP contribution in [0, 0.1) is 6.92 Å². The van der Waals surface area contributed by atoms with Crippen molar-refractivity contribution in [3.8, 4) is 0 Å². The number of benzene rings is 1. The van der Waals surface area contributed by atoms with E-state index in [1.807, 2.05) is 12.3 Å². The minimum Gasteiger partial charge on any atom is -0.397 e. The van der Waals surface area contributed by atoms with Crippen molar-refractivity contribution in [2.75, 3.05) is 17.6 Å². The van der Waals surface area contributed by atoms with E-state index in [1.165, 1.54) is 0 Å². The molecule has 0 aliphatic rings. The van der Waals surface area contributed by atoms with Crippen molar-refractivity contribution in [1.82, 2.24) is 4.98 Å². The number of aromatic nitrogens is 1. The Hall–Kier alpha value is -2.08. The number of nitrogen functional groups attached to an aromatic ring is 1. The van der Waals surface area contributed by atoms with Gasteiger partial charge < -0.3 is 16.8 Å². The van der Waals surface area contributed by atoms with Gasteiger partial charge in [0.2, 0.25) is 5.91 Å². The van der Waals surface area contributed by atoms with E-state index in [0.29, 0.717) is 17.8 Å². The fourth-order valence-electron chi connectivity index (χ4n) is 1.71. The smallest absolute Gasteiger partial charge is 0.248 e. The van der Waals surface area contributed by atoms with Crippen molar-refractivity contribution in [2.45, 2.75) is 13.3 Å². The van der Waals surface area contributed by atoms with Gasteiger partial charge in [-0.15, -0.1) is 11.3 Å². The van der Waals surface area contributed by atoms with Gasteiger partial charge in [0.1, 0.15) is 0 Å². The van der Waals surface area contributed by atoms with E-state index >= 15 is 0 Å². The number of hydrogen-bond donors (Lipinski definition) is 3. The number of nitrogens with one attached hydrogen (secondary N) is 1. The normalized spacial score (nSPS) is 10.4. The number of thiazole rings is 1. The van der Waals surface area contributed by atoms with Crippen LogP contribution in [-0.4, -0.2) is 17.4 Å². The van der Waals surface area contributed by atoms with E-state index in [4.69, 9.17) is 11.5 Å². The van der Waals surface area contributed by atoms with Gasteiger partial charge in [-0.1, -0.05) is 0 Å². The van der Waals surface area contributed by atoms with Crippen LogP contribution >= 0.6 is 11.3 Å². The molecular weight excluding hydrogens is 260 g/mol. The van der Waals surface area contributed by atoms with Crippen molar-refractivity contribution in [3.05, 3.63) is 39.8 Å². The predicted molar refractivity (Wildman–Crippen MR) is 78.4 cm³/mol. The first-order chi connectivity index (χ1) is 9.06. The second-order valence-electron chi connectivity index (χ2n) is 4.20. The number of hydrogen-bond acceptors (Lipinski definition) is 5. The maximum Gasteiger partial charge on any atom is 0.248 e. The summed E-state index contributed by atoms with van der Waals surface area (Å²) in [7, 11) is 0. The van der Waals surface area contributed by atoms with E-state index in [0.717, 1.165) is 22.8 Å². The van der Waals surface area contributed by atoms with E-state index < -0.39 is 5.91 Å². The number of anilines is 2. The Balaban J connectivity index is 1.99. The highest BCUT2D eigenvalue weighted by Crippen LogP contribution is 2.20. The van der Waals surface area contributed by atoms with Crippen LogP contribution in [0.4, 0.5) is 11.4 Å². The number of rotatable bonds is 5. The molecule has 0 spiro atoms. The lowest BCUT2D eigenvalue weighted by molar-refractivity contribution is 0.100. The Kier molecular flexibility index (Phi) is 4.01. The zero-order valence-corrected chi connectivity index (χ0v) is 11.5. The molecule has 1 aromatic carbocycles. The van der Waals surface area contributed by atoms with Crippen molar-refractivity contribution >= 4 is 28.6 Å². The van der Waals surface area contributed by atoms with Crippen LogP contribution in [0.1, 0.15) is 21.1 Å². The molecule has 0 radical (unpaired) electrons.